The van der Waals surface area contributed by atoms with Crippen molar-refractivity contribution in [3.63, 3.8) is 0 Å². The summed E-state index contributed by atoms with van der Waals surface area (Å²) in [6, 6.07) is 0. The first-order chi connectivity index (χ1) is 32.6. The molecule has 67 heavy (non-hydrogen) atoms. The smallest absolute Gasteiger partial charge is 0.457 e. The van der Waals surface area contributed by atoms with Crippen LogP contribution < -0.4 is 0 Å². The quantitative estimate of drug-likeness (QED) is 0.0214. The van der Waals surface area contributed by atoms with Gasteiger partial charge in [0.15, 0.2) is 0 Å². The maximum Gasteiger partial charge on any atom is 0.472 e. The van der Waals surface area contributed by atoms with Crippen LogP contribution >= 0.6 is 7.82 Å². The standard InChI is InChI=1S/C58H92NO7P/c1-6-8-10-12-14-16-18-20-22-24-26-28-30-31-33-35-37-39-41-43-45-47-49-51-58(60)66-57(56-65-67(61,62)64-54-52-59(3,4)5)55-63-53-50-48-46-44-42-40-38-36-34-32-29-27-25-23-21-19-17-15-13-11-9-7-2/h8-11,14-17,20-23,26-29,31,33-34,36-37,39-40,42-43,45,57H,6-7,12-13,18-19,24-25,30,32,35,38,41,44,46-56H2,1-5H3/p+1/b10-8-,11-9-,16-14-,17-15-,22-20-,23-21-,28-26-,29-27-,33-31-,36-34-,39-37-,42-40-,45-43-. The van der Waals surface area contributed by atoms with Gasteiger partial charge in [0.2, 0.25) is 0 Å². The second-order valence-electron chi connectivity index (χ2n) is 17.1. The van der Waals surface area contributed by atoms with E-state index in [4.69, 9.17) is 18.5 Å². The highest BCUT2D eigenvalue weighted by molar-refractivity contribution is 7.47. The predicted octanol–water partition coefficient (Wildman–Crippen LogP) is 15.8. The Morgan fingerprint density at radius 1 is 0.463 bits per heavy atom. The maximum atomic E-state index is 12.7. The molecule has 0 rings (SSSR count). The molecule has 0 aliphatic heterocycles. The van der Waals surface area contributed by atoms with Crippen LogP contribution in [0.3, 0.4) is 0 Å². The van der Waals surface area contributed by atoms with Crippen molar-refractivity contribution in [3.8, 4) is 0 Å². The van der Waals surface area contributed by atoms with Crippen molar-refractivity contribution in [1.29, 1.82) is 0 Å². The number of allylic oxidation sites excluding steroid dienone is 26. The van der Waals surface area contributed by atoms with Crippen molar-refractivity contribution in [3.05, 3.63) is 158 Å². The summed E-state index contributed by atoms with van der Waals surface area (Å²) in [5, 5.41) is 0. The molecule has 2 atom stereocenters. The van der Waals surface area contributed by atoms with Gasteiger partial charge in [0, 0.05) is 13.0 Å². The number of quaternary nitrogens is 1. The molecule has 0 aliphatic rings. The molecular weight excluding hydrogens is 854 g/mol. The van der Waals surface area contributed by atoms with Crippen LogP contribution in [0.15, 0.2) is 158 Å². The summed E-state index contributed by atoms with van der Waals surface area (Å²) in [6.45, 7) is 5.17. The second-order valence-corrected chi connectivity index (χ2v) is 18.5. The minimum absolute atomic E-state index is 0.0599. The van der Waals surface area contributed by atoms with E-state index in [9.17, 15) is 14.3 Å². The Bertz CT molecular complexity index is 1620. The number of phosphoric ester groups is 1. The zero-order chi connectivity index (χ0) is 49.0. The third kappa shape index (κ3) is 52.9. The second kappa shape index (κ2) is 48.6. The lowest BCUT2D eigenvalue weighted by atomic mass is 10.2. The number of nitrogens with zero attached hydrogens (tertiary/aromatic N) is 1. The highest BCUT2D eigenvalue weighted by Gasteiger charge is 2.26. The van der Waals surface area contributed by atoms with E-state index in [-0.39, 0.29) is 26.2 Å². The minimum atomic E-state index is -4.32. The molecule has 0 aromatic heterocycles. The van der Waals surface area contributed by atoms with Crippen LogP contribution in [0.5, 0.6) is 0 Å². The zero-order valence-corrected chi connectivity index (χ0v) is 43.5. The number of phosphoric acid groups is 1. The van der Waals surface area contributed by atoms with Crippen molar-refractivity contribution in [2.45, 2.75) is 148 Å². The fourth-order valence-corrected chi connectivity index (χ4v) is 6.52. The molecule has 376 valence electrons. The Hall–Kier alpha value is -3.88. The van der Waals surface area contributed by atoms with Crippen LogP contribution in [0, 0.1) is 0 Å². The van der Waals surface area contributed by atoms with Gasteiger partial charge in [0.05, 0.1) is 34.4 Å². The summed E-state index contributed by atoms with van der Waals surface area (Å²) in [6.07, 6.45) is 74.5. The number of carbonyl (C=O) groups excluding carboxylic acids is 1. The number of hydrogen-bond acceptors (Lipinski definition) is 6. The molecule has 0 heterocycles. The highest BCUT2D eigenvalue weighted by atomic mass is 31.2. The molecule has 8 nitrogen and oxygen atoms in total. The summed E-state index contributed by atoms with van der Waals surface area (Å²) in [5.74, 6) is -0.391. The third-order valence-electron chi connectivity index (χ3n) is 9.59. The number of ether oxygens (including phenoxy) is 2. The normalized spacial score (nSPS) is 14.9. The van der Waals surface area contributed by atoms with Crippen molar-refractivity contribution in [1.82, 2.24) is 0 Å². The van der Waals surface area contributed by atoms with Crippen molar-refractivity contribution in [2.24, 2.45) is 0 Å². The molecular formula is C58H93NO7P+. The van der Waals surface area contributed by atoms with Crippen LogP contribution in [0.2, 0.25) is 0 Å². The molecule has 0 fully saturated rings. The van der Waals surface area contributed by atoms with E-state index >= 15 is 0 Å². The van der Waals surface area contributed by atoms with Gasteiger partial charge in [-0.05, 0) is 116 Å². The number of hydrogen-bond donors (Lipinski definition) is 1. The Kier molecular flexibility index (Phi) is 45.8. The van der Waals surface area contributed by atoms with Gasteiger partial charge in [-0.25, -0.2) is 4.57 Å². The van der Waals surface area contributed by atoms with E-state index in [0.717, 1.165) is 116 Å². The molecule has 0 spiro atoms. The molecule has 0 amide bonds. The van der Waals surface area contributed by atoms with Crippen molar-refractivity contribution in [2.75, 3.05) is 54.1 Å². The molecule has 0 aromatic carbocycles. The Labute approximate surface area is 410 Å². The first kappa shape index (κ1) is 63.1. The molecule has 0 aliphatic carbocycles. The van der Waals surface area contributed by atoms with Gasteiger partial charge in [0.1, 0.15) is 19.3 Å². The largest absolute Gasteiger partial charge is 0.472 e. The molecule has 0 aromatic rings. The Balaban J connectivity index is 4.40. The number of unbranched alkanes of at least 4 members (excludes halogenated alkanes) is 4. The van der Waals surface area contributed by atoms with Gasteiger partial charge in [-0.3, -0.25) is 13.8 Å². The SMILES string of the molecule is CC/C=C\C/C=C\C/C=C\C/C=C\C/C=C\C/C=C\C/C=C\CCCC(=O)OC(COCCCCC/C=C\C/C=C\C/C=C\C/C=C\C/C=C\C/C=C\CC)COP(=O)(O)OCC[N+](C)(C)C. The third-order valence-corrected chi connectivity index (χ3v) is 10.6. The number of esters is 1. The fraction of sp³-hybridized carbons (Fsp3) is 0.534. The van der Waals surface area contributed by atoms with Crippen LogP contribution in [-0.4, -0.2) is 75.6 Å². The van der Waals surface area contributed by atoms with Crippen LogP contribution in [-0.2, 0) is 27.9 Å². The number of rotatable bonds is 44. The van der Waals surface area contributed by atoms with E-state index in [1.165, 1.54) is 0 Å². The van der Waals surface area contributed by atoms with Gasteiger partial charge in [-0.15, -0.1) is 0 Å². The molecule has 0 bridgehead atoms. The highest BCUT2D eigenvalue weighted by Crippen LogP contribution is 2.43. The van der Waals surface area contributed by atoms with E-state index in [1.807, 2.05) is 21.1 Å². The van der Waals surface area contributed by atoms with Gasteiger partial charge in [-0.1, -0.05) is 178 Å². The number of carbonyl (C=O) groups is 1. The lowest BCUT2D eigenvalue weighted by Crippen LogP contribution is -2.37. The van der Waals surface area contributed by atoms with E-state index in [1.54, 1.807) is 0 Å². The van der Waals surface area contributed by atoms with Crippen LogP contribution in [0.4, 0.5) is 0 Å². The molecule has 0 saturated carbocycles. The minimum Gasteiger partial charge on any atom is -0.457 e. The fourth-order valence-electron chi connectivity index (χ4n) is 5.78. The summed E-state index contributed by atoms with van der Waals surface area (Å²) in [7, 11) is 1.57. The predicted molar refractivity (Wildman–Crippen MR) is 288 cm³/mol. The lowest BCUT2D eigenvalue weighted by molar-refractivity contribution is -0.870. The average molecular weight is 947 g/mol. The monoisotopic (exact) mass is 947 g/mol. The first-order valence-electron chi connectivity index (χ1n) is 25.2. The van der Waals surface area contributed by atoms with Gasteiger partial charge in [-0.2, -0.15) is 0 Å². The summed E-state index contributed by atoms with van der Waals surface area (Å²) >= 11 is 0. The topological polar surface area (TPSA) is 91.3 Å². The Morgan fingerprint density at radius 2 is 0.821 bits per heavy atom. The lowest BCUT2D eigenvalue weighted by Gasteiger charge is -2.24. The zero-order valence-electron chi connectivity index (χ0n) is 42.6. The summed E-state index contributed by atoms with van der Waals surface area (Å²) in [4.78, 5) is 23.0. The van der Waals surface area contributed by atoms with Crippen LogP contribution in [0.1, 0.15) is 142 Å². The van der Waals surface area contributed by atoms with E-state index < -0.39 is 19.9 Å². The average Bonchev–Trinajstić information content (AvgIpc) is 3.29. The van der Waals surface area contributed by atoms with Gasteiger partial charge >= 0.3 is 13.8 Å². The maximum absolute atomic E-state index is 12.7. The summed E-state index contributed by atoms with van der Waals surface area (Å²) in [5.41, 5.74) is 0. The molecule has 9 heteroatoms. The number of likely N-dealkylation sites (N-methyl/N-ethyl adjacent to an activating group) is 1. The summed E-state index contributed by atoms with van der Waals surface area (Å²) < 4.78 is 35.0. The van der Waals surface area contributed by atoms with Gasteiger partial charge in [0.25, 0.3) is 0 Å². The molecule has 1 N–H and O–H groups in total. The molecule has 2 unspecified atom stereocenters. The molecule has 0 saturated heterocycles. The van der Waals surface area contributed by atoms with E-state index in [2.05, 4.69) is 172 Å². The van der Waals surface area contributed by atoms with Gasteiger partial charge < -0.3 is 18.9 Å². The van der Waals surface area contributed by atoms with Crippen LogP contribution in [0.25, 0.3) is 0 Å². The van der Waals surface area contributed by atoms with Crippen molar-refractivity contribution < 1.29 is 37.3 Å². The Morgan fingerprint density at radius 3 is 1.19 bits per heavy atom. The molecule has 0 radical (unpaired) electrons. The van der Waals surface area contributed by atoms with Crippen molar-refractivity contribution >= 4 is 13.8 Å². The van der Waals surface area contributed by atoms with E-state index in [0.29, 0.717) is 24.1 Å². The first-order valence-corrected chi connectivity index (χ1v) is 26.7.